The summed E-state index contributed by atoms with van der Waals surface area (Å²) < 4.78 is 13.6. The topological polar surface area (TPSA) is 24.9 Å². The Morgan fingerprint density at radius 1 is 1.17 bits per heavy atom. The predicted molar refractivity (Wildman–Crippen MR) is 74.7 cm³/mol. The number of aromatic nitrogens is 1. The van der Waals surface area contributed by atoms with Gasteiger partial charge in [-0.3, -0.25) is 4.98 Å². The Morgan fingerprint density at radius 3 is 2.56 bits per heavy atom. The van der Waals surface area contributed by atoms with Crippen molar-refractivity contribution in [2.45, 2.75) is 34.1 Å². The van der Waals surface area contributed by atoms with E-state index >= 15 is 0 Å². The highest BCUT2D eigenvalue weighted by molar-refractivity contribution is 5.95. The molecule has 0 aliphatic rings. The third-order valence-corrected chi connectivity index (χ3v) is 3.38. The van der Waals surface area contributed by atoms with Gasteiger partial charge in [-0.15, -0.1) is 0 Å². The molecule has 0 aliphatic heterocycles. The SMILES string of the molecule is CCCNc1c(C)c(C)nc2c(C)c(F)ccc12. The molecule has 0 radical (unpaired) electrons. The summed E-state index contributed by atoms with van der Waals surface area (Å²) in [5.74, 6) is -0.195. The van der Waals surface area contributed by atoms with E-state index in [2.05, 4.69) is 24.1 Å². The van der Waals surface area contributed by atoms with Crippen LogP contribution in [-0.4, -0.2) is 11.5 Å². The minimum Gasteiger partial charge on any atom is -0.384 e. The number of hydrogen-bond acceptors (Lipinski definition) is 2. The number of halogens is 1. The third kappa shape index (κ3) is 2.05. The molecule has 0 atom stereocenters. The molecule has 0 saturated heterocycles. The van der Waals surface area contributed by atoms with Crippen molar-refractivity contribution in [3.8, 4) is 0 Å². The van der Waals surface area contributed by atoms with Crippen molar-refractivity contribution in [3.05, 3.63) is 34.8 Å². The fourth-order valence-electron chi connectivity index (χ4n) is 2.13. The van der Waals surface area contributed by atoms with E-state index in [0.29, 0.717) is 5.56 Å². The van der Waals surface area contributed by atoms with E-state index in [1.54, 1.807) is 6.92 Å². The summed E-state index contributed by atoms with van der Waals surface area (Å²) in [4.78, 5) is 4.52. The normalized spacial score (nSPS) is 10.9. The molecular formula is C15H19FN2. The van der Waals surface area contributed by atoms with Gasteiger partial charge >= 0.3 is 0 Å². The van der Waals surface area contributed by atoms with Gasteiger partial charge in [0.1, 0.15) is 5.82 Å². The third-order valence-electron chi connectivity index (χ3n) is 3.38. The number of nitrogens with zero attached hydrogens (tertiary/aromatic N) is 1. The van der Waals surface area contributed by atoms with Gasteiger partial charge in [-0.1, -0.05) is 6.92 Å². The van der Waals surface area contributed by atoms with E-state index in [-0.39, 0.29) is 5.82 Å². The Bertz CT molecular complexity index is 591. The quantitative estimate of drug-likeness (QED) is 0.881. The maximum Gasteiger partial charge on any atom is 0.128 e. The molecule has 18 heavy (non-hydrogen) atoms. The van der Waals surface area contributed by atoms with Crippen LogP contribution in [0.5, 0.6) is 0 Å². The molecule has 2 nitrogen and oxygen atoms in total. The Labute approximate surface area is 107 Å². The summed E-state index contributed by atoms with van der Waals surface area (Å²) in [6.45, 7) is 8.84. The molecule has 0 amide bonds. The van der Waals surface area contributed by atoms with Crippen molar-refractivity contribution >= 4 is 16.6 Å². The van der Waals surface area contributed by atoms with Crippen LogP contribution in [0.25, 0.3) is 10.9 Å². The Balaban J connectivity index is 2.73. The maximum absolute atomic E-state index is 13.6. The minimum absolute atomic E-state index is 0.195. The Hall–Kier alpha value is -1.64. The summed E-state index contributed by atoms with van der Waals surface area (Å²) in [6, 6.07) is 3.33. The predicted octanol–water partition coefficient (Wildman–Crippen LogP) is 4.12. The monoisotopic (exact) mass is 246 g/mol. The molecule has 1 heterocycles. The number of aryl methyl sites for hydroxylation is 2. The summed E-state index contributed by atoms with van der Waals surface area (Å²) >= 11 is 0. The molecule has 1 aromatic heterocycles. The molecule has 2 aromatic rings. The van der Waals surface area contributed by atoms with Crippen LogP contribution < -0.4 is 5.32 Å². The molecule has 3 heteroatoms. The van der Waals surface area contributed by atoms with Gasteiger partial charge in [-0.05, 0) is 44.9 Å². The first-order valence-corrected chi connectivity index (χ1v) is 6.36. The lowest BCUT2D eigenvalue weighted by atomic mass is 10.0. The van der Waals surface area contributed by atoms with Crippen molar-refractivity contribution in [1.29, 1.82) is 0 Å². The fraction of sp³-hybridized carbons (Fsp3) is 0.400. The molecular weight excluding hydrogens is 227 g/mol. The van der Waals surface area contributed by atoms with Crippen LogP contribution in [-0.2, 0) is 0 Å². The van der Waals surface area contributed by atoms with Gasteiger partial charge in [0.15, 0.2) is 0 Å². The molecule has 0 aliphatic carbocycles. The molecule has 1 N–H and O–H groups in total. The van der Waals surface area contributed by atoms with E-state index in [4.69, 9.17) is 0 Å². The molecule has 96 valence electrons. The maximum atomic E-state index is 13.6. The summed E-state index contributed by atoms with van der Waals surface area (Å²) in [6.07, 6.45) is 1.06. The van der Waals surface area contributed by atoms with Crippen LogP contribution in [0.2, 0.25) is 0 Å². The zero-order valence-electron chi connectivity index (χ0n) is 11.4. The fourth-order valence-corrected chi connectivity index (χ4v) is 2.13. The van der Waals surface area contributed by atoms with Gasteiger partial charge in [0, 0.05) is 28.9 Å². The van der Waals surface area contributed by atoms with Gasteiger partial charge < -0.3 is 5.32 Å². The first-order chi connectivity index (χ1) is 8.56. The van der Waals surface area contributed by atoms with Crippen molar-refractivity contribution in [3.63, 3.8) is 0 Å². The zero-order chi connectivity index (χ0) is 13.3. The van der Waals surface area contributed by atoms with Gasteiger partial charge in [-0.2, -0.15) is 0 Å². The largest absolute Gasteiger partial charge is 0.384 e. The van der Waals surface area contributed by atoms with Crippen LogP contribution in [0.3, 0.4) is 0 Å². The first kappa shape index (κ1) is 12.8. The zero-order valence-corrected chi connectivity index (χ0v) is 11.4. The second-order valence-electron chi connectivity index (χ2n) is 4.69. The van der Waals surface area contributed by atoms with Gasteiger partial charge in [-0.25, -0.2) is 4.39 Å². The van der Waals surface area contributed by atoms with Gasteiger partial charge in [0.2, 0.25) is 0 Å². The average molecular weight is 246 g/mol. The van der Waals surface area contributed by atoms with Crippen LogP contribution in [0.1, 0.15) is 30.2 Å². The standard InChI is InChI=1S/C15H19FN2/c1-5-8-17-14-9(2)11(4)18-15-10(3)13(16)7-6-12(14)15/h6-7H,5,8H2,1-4H3,(H,17,18). The number of benzene rings is 1. The van der Waals surface area contributed by atoms with E-state index in [0.717, 1.165) is 40.8 Å². The van der Waals surface area contributed by atoms with E-state index in [1.165, 1.54) is 6.07 Å². The van der Waals surface area contributed by atoms with E-state index in [1.807, 2.05) is 13.0 Å². The van der Waals surface area contributed by atoms with E-state index in [9.17, 15) is 4.39 Å². The summed E-state index contributed by atoms with van der Waals surface area (Å²) in [5.41, 5.74) is 4.56. The van der Waals surface area contributed by atoms with Gasteiger partial charge in [0.05, 0.1) is 5.52 Å². The number of pyridine rings is 1. The molecule has 2 rings (SSSR count). The van der Waals surface area contributed by atoms with Crippen molar-refractivity contribution in [2.75, 3.05) is 11.9 Å². The van der Waals surface area contributed by atoms with Crippen LogP contribution >= 0.6 is 0 Å². The van der Waals surface area contributed by atoms with Crippen molar-refractivity contribution in [2.24, 2.45) is 0 Å². The highest BCUT2D eigenvalue weighted by Crippen LogP contribution is 2.30. The van der Waals surface area contributed by atoms with Gasteiger partial charge in [0.25, 0.3) is 0 Å². The summed E-state index contributed by atoms with van der Waals surface area (Å²) in [7, 11) is 0. The molecule has 1 aromatic carbocycles. The summed E-state index contributed by atoms with van der Waals surface area (Å²) in [5, 5.41) is 4.44. The molecule has 0 bridgehead atoms. The number of nitrogens with one attached hydrogen (secondary N) is 1. The van der Waals surface area contributed by atoms with Crippen LogP contribution in [0.15, 0.2) is 12.1 Å². The molecule has 0 fully saturated rings. The number of hydrogen-bond donors (Lipinski definition) is 1. The Kier molecular flexibility index (Phi) is 3.50. The Morgan fingerprint density at radius 2 is 1.89 bits per heavy atom. The molecule has 0 spiro atoms. The second-order valence-corrected chi connectivity index (χ2v) is 4.69. The number of rotatable bonds is 3. The minimum atomic E-state index is -0.195. The first-order valence-electron chi connectivity index (χ1n) is 6.36. The van der Waals surface area contributed by atoms with Crippen molar-refractivity contribution in [1.82, 2.24) is 4.98 Å². The number of fused-ring (bicyclic) bond motifs is 1. The van der Waals surface area contributed by atoms with E-state index < -0.39 is 0 Å². The highest BCUT2D eigenvalue weighted by Gasteiger charge is 2.12. The average Bonchev–Trinajstić information content (AvgIpc) is 2.35. The lowest BCUT2D eigenvalue weighted by Crippen LogP contribution is -2.05. The smallest absolute Gasteiger partial charge is 0.128 e. The lowest BCUT2D eigenvalue weighted by molar-refractivity contribution is 0.620. The van der Waals surface area contributed by atoms with Crippen molar-refractivity contribution < 1.29 is 4.39 Å². The second kappa shape index (κ2) is 4.92. The molecule has 0 unspecified atom stereocenters. The van der Waals surface area contributed by atoms with Crippen LogP contribution in [0, 0.1) is 26.6 Å². The molecule has 0 saturated carbocycles. The number of anilines is 1. The van der Waals surface area contributed by atoms with Crippen LogP contribution in [0.4, 0.5) is 10.1 Å². The lowest BCUT2D eigenvalue weighted by Gasteiger charge is -2.15. The highest BCUT2D eigenvalue weighted by atomic mass is 19.1.